The van der Waals surface area contributed by atoms with Gasteiger partial charge < -0.3 is 4.90 Å². The zero-order valence-electron chi connectivity index (χ0n) is 12.9. The van der Waals surface area contributed by atoms with E-state index in [4.69, 9.17) is 4.84 Å². The second kappa shape index (κ2) is 7.65. The summed E-state index contributed by atoms with van der Waals surface area (Å²) in [7, 11) is 1.43. The molecule has 0 atom stereocenters. The zero-order chi connectivity index (χ0) is 16.9. The van der Waals surface area contributed by atoms with Crippen LogP contribution in [0.5, 0.6) is 0 Å². The molecule has 1 aromatic rings. The lowest BCUT2D eigenvalue weighted by Gasteiger charge is -2.36. The first kappa shape index (κ1) is 17.6. The van der Waals surface area contributed by atoms with Gasteiger partial charge in [-0.05, 0) is 18.2 Å². The summed E-state index contributed by atoms with van der Waals surface area (Å²) in [6.45, 7) is 3.89. The minimum atomic E-state index is -4.32. The fraction of sp³-hybridized carbons (Fsp3) is 0.533. The van der Waals surface area contributed by atoms with Crippen molar-refractivity contribution in [1.29, 1.82) is 0 Å². The van der Waals surface area contributed by atoms with Crippen molar-refractivity contribution in [3.05, 3.63) is 29.8 Å². The van der Waals surface area contributed by atoms with Crippen LogP contribution in [0.25, 0.3) is 0 Å². The van der Waals surface area contributed by atoms with E-state index in [1.54, 1.807) is 6.07 Å². The third kappa shape index (κ3) is 4.84. The first-order chi connectivity index (χ1) is 10.9. The minimum Gasteiger partial charge on any atom is -0.369 e. The Morgan fingerprint density at radius 2 is 1.96 bits per heavy atom. The number of benzene rings is 1. The lowest BCUT2D eigenvalue weighted by molar-refractivity contribution is -0.161. The van der Waals surface area contributed by atoms with Crippen molar-refractivity contribution in [3.8, 4) is 0 Å². The summed E-state index contributed by atoms with van der Waals surface area (Å²) in [5, 5.41) is 1.21. The van der Waals surface area contributed by atoms with Gasteiger partial charge in [-0.3, -0.25) is 14.5 Å². The molecular formula is C15H20F3N3O2. The number of hydroxylamine groups is 2. The Kier molecular flexibility index (Phi) is 5.84. The minimum absolute atomic E-state index is 0.462. The lowest BCUT2D eigenvalue weighted by Crippen LogP contribution is -2.48. The molecule has 2 rings (SSSR count). The summed E-state index contributed by atoms with van der Waals surface area (Å²) in [6.07, 6.45) is -3.70. The van der Waals surface area contributed by atoms with Gasteiger partial charge in [0.05, 0.1) is 19.2 Å². The molecular weight excluding hydrogens is 311 g/mol. The number of carbonyl (C=O) groups excluding carboxylic acids is 1. The van der Waals surface area contributed by atoms with Gasteiger partial charge in [0.25, 0.3) is 0 Å². The van der Waals surface area contributed by atoms with Crippen molar-refractivity contribution in [2.75, 3.05) is 51.3 Å². The Labute approximate surface area is 133 Å². The van der Waals surface area contributed by atoms with Crippen molar-refractivity contribution < 1.29 is 22.8 Å². The Morgan fingerprint density at radius 3 is 2.52 bits per heavy atom. The summed E-state index contributed by atoms with van der Waals surface area (Å²) < 4.78 is 38.3. The summed E-state index contributed by atoms with van der Waals surface area (Å²) in [4.78, 5) is 19.6. The Morgan fingerprint density at radius 1 is 1.26 bits per heavy atom. The molecule has 1 saturated heterocycles. The predicted octanol–water partition coefficient (Wildman–Crippen LogP) is 1.85. The van der Waals surface area contributed by atoms with E-state index in [0.717, 1.165) is 19.2 Å². The number of hydrogen-bond donors (Lipinski definition) is 0. The maximum Gasteiger partial charge on any atom is 0.416 e. The quantitative estimate of drug-likeness (QED) is 0.589. The highest BCUT2D eigenvalue weighted by molar-refractivity contribution is 5.49. The van der Waals surface area contributed by atoms with Crippen LogP contribution >= 0.6 is 0 Å². The summed E-state index contributed by atoms with van der Waals surface area (Å²) in [6, 6.07) is 5.41. The predicted molar refractivity (Wildman–Crippen MR) is 79.9 cm³/mol. The average Bonchev–Trinajstić information content (AvgIpc) is 2.56. The van der Waals surface area contributed by atoms with E-state index in [9.17, 15) is 18.0 Å². The molecule has 0 saturated carbocycles. The van der Waals surface area contributed by atoms with Crippen molar-refractivity contribution in [3.63, 3.8) is 0 Å². The van der Waals surface area contributed by atoms with E-state index in [2.05, 4.69) is 4.90 Å². The van der Waals surface area contributed by atoms with E-state index in [1.807, 2.05) is 4.90 Å². The largest absolute Gasteiger partial charge is 0.416 e. The third-order valence-corrected chi connectivity index (χ3v) is 3.90. The van der Waals surface area contributed by atoms with Crippen LogP contribution in [-0.2, 0) is 15.8 Å². The lowest BCUT2D eigenvalue weighted by atomic mass is 10.1. The molecule has 1 fully saturated rings. The monoisotopic (exact) mass is 331 g/mol. The standard InChI is InChI=1S/C15H20F3N3O2/c1-23-21(12-22)10-7-19-5-8-20(9-6-19)14-4-2-3-13(11-14)15(16,17)18/h2-4,11-12H,5-10H2,1H3. The Balaban J connectivity index is 1.88. The number of anilines is 1. The van der Waals surface area contributed by atoms with Crippen LogP contribution in [0.1, 0.15) is 5.56 Å². The molecule has 1 aliphatic heterocycles. The third-order valence-electron chi connectivity index (χ3n) is 3.90. The highest BCUT2D eigenvalue weighted by atomic mass is 19.4. The topological polar surface area (TPSA) is 36.0 Å². The molecule has 0 unspecified atom stereocenters. The molecule has 128 valence electrons. The molecule has 0 aromatic heterocycles. The van der Waals surface area contributed by atoms with Gasteiger partial charge in [-0.15, -0.1) is 0 Å². The Bertz CT molecular complexity index is 517. The number of hydrogen-bond acceptors (Lipinski definition) is 4. The first-order valence-corrected chi connectivity index (χ1v) is 7.34. The van der Waals surface area contributed by atoms with Gasteiger partial charge in [-0.2, -0.15) is 13.2 Å². The number of rotatable bonds is 6. The average molecular weight is 331 g/mol. The molecule has 23 heavy (non-hydrogen) atoms. The smallest absolute Gasteiger partial charge is 0.369 e. The highest BCUT2D eigenvalue weighted by Crippen LogP contribution is 2.31. The molecule has 0 N–H and O–H groups in total. The van der Waals surface area contributed by atoms with Gasteiger partial charge in [0.15, 0.2) is 0 Å². The maximum absolute atomic E-state index is 12.8. The number of nitrogens with zero attached hydrogens (tertiary/aromatic N) is 3. The van der Waals surface area contributed by atoms with Gasteiger partial charge in [-0.25, -0.2) is 5.06 Å². The summed E-state index contributed by atoms with van der Waals surface area (Å²) in [5.41, 5.74) is -0.0370. The van der Waals surface area contributed by atoms with Crippen LogP contribution in [0.2, 0.25) is 0 Å². The fourth-order valence-corrected chi connectivity index (χ4v) is 2.54. The van der Waals surface area contributed by atoms with Crippen LogP contribution in [0.4, 0.5) is 18.9 Å². The maximum atomic E-state index is 12.8. The van der Waals surface area contributed by atoms with E-state index in [-0.39, 0.29) is 0 Å². The van der Waals surface area contributed by atoms with Gasteiger partial charge in [-0.1, -0.05) is 6.07 Å². The van der Waals surface area contributed by atoms with E-state index in [0.29, 0.717) is 38.3 Å². The molecule has 0 radical (unpaired) electrons. The highest BCUT2D eigenvalue weighted by Gasteiger charge is 2.31. The van der Waals surface area contributed by atoms with Crippen LogP contribution < -0.4 is 4.90 Å². The van der Waals surface area contributed by atoms with Crippen LogP contribution in [-0.4, -0.2) is 62.8 Å². The molecule has 1 aromatic carbocycles. The van der Waals surface area contributed by atoms with Crippen molar-refractivity contribution in [2.45, 2.75) is 6.18 Å². The van der Waals surface area contributed by atoms with Crippen molar-refractivity contribution >= 4 is 12.1 Å². The van der Waals surface area contributed by atoms with Crippen molar-refractivity contribution in [1.82, 2.24) is 9.96 Å². The number of halogens is 3. The number of carbonyl (C=O) groups is 1. The van der Waals surface area contributed by atoms with Crippen LogP contribution in [0.3, 0.4) is 0 Å². The molecule has 8 heteroatoms. The molecule has 1 amide bonds. The zero-order valence-corrected chi connectivity index (χ0v) is 12.9. The van der Waals surface area contributed by atoms with Gasteiger partial charge in [0.2, 0.25) is 6.41 Å². The second-order valence-electron chi connectivity index (χ2n) is 5.31. The van der Waals surface area contributed by atoms with Gasteiger partial charge in [0.1, 0.15) is 0 Å². The molecule has 1 heterocycles. The SMILES string of the molecule is CON(C=O)CCN1CCN(c2cccc(C(F)(F)F)c2)CC1. The van der Waals surface area contributed by atoms with Crippen molar-refractivity contribution in [2.24, 2.45) is 0 Å². The number of alkyl halides is 3. The van der Waals surface area contributed by atoms with E-state index >= 15 is 0 Å². The van der Waals surface area contributed by atoms with Gasteiger partial charge in [0, 0.05) is 38.4 Å². The fourth-order valence-electron chi connectivity index (χ4n) is 2.54. The molecule has 0 spiro atoms. The first-order valence-electron chi connectivity index (χ1n) is 7.34. The second-order valence-corrected chi connectivity index (χ2v) is 5.31. The summed E-state index contributed by atoms with van der Waals surface area (Å²) in [5.74, 6) is 0. The van der Waals surface area contributed by atoms with Gasteiger partial charge >= 0.3 is 6.18 Å². The molecule has 5 nitrogen and oxygen atoms in total. The van der Waals surface area contributed by atoms with E-state index < -0.39 is 11.7 Å². The van der Waals surface area contributed by atoms with E-state index in [1.165, 1.54) is 24.3 Å². The molecule has 1 aliphatic rings. The Hall–Kier alpha value is -1.80. The summed E-state index contributed by atoms with van der Waals surface area (Å²) >= 11 is 0. The number of piperazine rings is 1. The normalized spacial score (nSPS) is 16.4. The van der Waals surface area contributed by atoms with Crippen LogP contribution in [0.15, 0.2) is 24.3 Å². The number of amides is 1. The molecule has 0 bridgehead atoms. The van der Waals surface area contributed by atoms with Crippen LogP contribution in [0, 0.1) is 0 Å². The molecule has 0 aliphatic carbocycles.